The first-order valence-electron chi connectivity index (χ1n) is 8.37. The van der Waals surface area contributed by atoms with Crippen LogP contribution in [0.2, 0.25) is 0 Å². The van der Waals surface area contributed by atoms with Crippen LogP contribution in [-0.2, 0) is 25.0 Å². The number of aromatic nitrogens is 2. The summed E-state index contributed by atoms with van der Waals surface area (Å²) in [5.41, 5.74) is -0.975. The molecule has 2 aromatic rings. The van der Waals surface area contributed by atoms with Crippen molar-refractivity contribution in [2.75, 3.05) is 19.8 Å². The summed E-state index contributed by atoms with van der Waals surface area (Å²) in [6.45, 7) is 2.57. The van der Waals surface area contributed by atoms with Crippen LogP contribution in [0.4, 0.5) is 0 Å². The van der Waals surface area contributed by atoms with Crippen molar-refractivity contribution in [2.24, 2.45) is 0 Å². The van der Waals surface area contributed by atoms with Gasteiger partial charge in [0, 0.05) is 0 Å². The minimum absolute atomic E-state index is 0.0705. The molecule has 1 atom stereocenters. The fourth-order valence-electron chi connectivity index (χ4n) is 2.48. The quantitative estimate of drug-likeness (QED) is 0.518. The third-order valence-corrected chi connectivity index (χ3v) is 5.82. The molecule has 10 nitrogen and oxygen atoms in total. The summed E-state index contributed by atoms with van der Waals surface area (Å²) in [4.78, 5) is 38.2. The molecule has 0 aliphatic rings. The Hall–Kier alpha value is -2.26. The molecule has 11 heteroatoms. The lowest BCUT2D eigenvalue weighted by Crippen LogP contribution is -2.39. The summed E-state index contributed by atoms with van der Waals surface area (Å²) in [5.74, 6) is -2.17. The smallest absolute Gasteiger partial charge is 0.360 e. The molecule has 148 valence electrons. The summed E-state index contributed by atoms with van der Waals surface area (Å²) in [7, 11) is -3.78. The highest BCUT2D eigenvalue weighted by molar-refractivity contribution is 7.54. The normalized spacial score (nSPS) is 12.9. The first kappa shape index (κ1) is 21.0. The van der Waals surface area contributed by atoms with Crippen molar-refractivity contribution in [3.8, 4) is 0 Å². The number of para-hydroxylation sites is 1. The van der Waals surface area contributed by atoms with E-state index in [9.17, 15) is 24.1 Å². The zero-order valence-corrected chi connectivity index (χ0v) is 15.9. The maximum Gasteiger partial charge on any atom is 0.360 e. The summed E-state index contributed by atoms with van der Waals surface area (Å²) in [6, 6.07) is 6.36. The van der Waals surface area contributed by atoms with E-state index in [1.54, 1.807) is 32.0 Å². The number of hydrogen-bond acceptors (Lipinski definition) is 7. The number of aromatic amines is 1. The lowest BCUT2D eigenvalue weighted by atomic mass is 10.2. The Morgan fingerprint density at radius 3 is 2.52 bits per heavy atom. The minimum atomic E-state index is -3.78. The van der Waals surface area contributed by atoms with Gasteiger partial charge < -0.3 is 19.5 Å². The minimum Gasteiger partial charge on any atom is -0.379 e. The van der Waals surface area contributed by atoms with E-state index >= 15 is 0 Å². The Morgan fingerprint density at radius 2 is 1.89 bits per heavy atom. The first-order valence-corrected chi connectivity index (χ1v) is 9.99. The van der Waals surface area contributed by atoms with Gasteiger partial charge in [0.1, 0.15) is 6.54 Å². The SMILES string of the molecule is CCOP(=O)(OCC)C(O)CNC(=O)Cn1c(=O)[nH]c(=O)c2ccccc21. The molecule has 0 saturated heterocycles. The van der Waals surface area contributed by atoms with Gasteiger partial charge >= 0.3 is 13.3 Å². The van der Waals surface area contributed by atoms with Crippen molar-refractivity contribution in [2.45, 2.75) is 26.2 Å². The van der Waals surface area contributed by atoms with Gasteiger partial charge in [-0.15, -0.1) is 0 Å². The molecule has 0 saturated carbocycles. The molecule has 1 aromatic heterocycles. The topological polar surface area (TPSA) is 140 Å². The average Bonchev–Trinajstić information content (AvgIpc) is 2.63. The van der Waals surface area contributed by atoms with Crippen molar-refractivity contribution in [1.29, 1.82) is 0 Å². The van der Waals surface area contributed by atoms with Crippen LogP contribution in [0.3, 0.4) is 0 Å². The van der Waals surface area contributed by atoms with Crippen molar-refractivity contribution >= 4 is 24.4 Å². The zero-order valence-electron chi connectivity index (χ0n) is 15.0. The number of nitrogens with one attached hydrogen (secondary N) is 2. The number of carbonyl (C=O) groups is 1. The van der Waals surface area contributed by atoms with E-state index in [-0.39, 0.29) is 25.1 Å². The van der Waals surface area contributed by atoms with Crippen LogP contribution in [0.25, 0.3) is 10.9 Å². The van der Waals surface area contributed by atoms with Gasteiger partial charge in [-0.05, 0) is 26.0 Å². The van der Waals surface area contributed by atoms with Crippen molar-refractivity contribution in [3.05, 3.63) is 45.1 Å². The van der Waals surface area contributed by atoms with Gasteiger partial charge in [-0.1, -0.05) is 12.1 Å². The number of benzene rings is 1. The summed E-state index contributed by atoms with van der Waals surface area (Å²) < 4.78 is 23.5. The van der Waals surface area contributed by atoms with Gasteiger partial charge in [0.15, 0.2) is 5.85 Å². The number of hydrogen-bond donors (Lipinski definition) is 3. The second kappa shape index (κ2) is 9.09. The van der Waals surface area contributed by atoms with E-state index in [0.29, 0.717) is 5.52 Å². The Balaban J connectivity index is 2.13. The van der Waals surface area contributed by atoms with E-state index in [1.165, 1.54) is 6.07 Å². The number of carbonyl (C=O) groups excluding carboxylic acids is 1. The van der Waals surface area contributed by atoms with E-state index < -0.39 is 37.1 Å². The molecule has 0 aliphatic heterocycles. The maximum absolute atomic E-state index is 12.4. The van der Waals surface area contributed by atoms with E-state index in [2.05, 4.69) is 10.3 Å². The van der Waals surface area contributed by atoms with Crippen LogP contribution in [0.5, 0.6) is 0 Å². The molecule has 1 aromatic carbocycles. The van der Waals surface area contributed by atoms with Crippen molar-refractivity contribution < 1.29 is 23.5 Å². The number of amides is 1. The predicted molar refractivity (Wildman–Crippen MR) is 98.7 cm³/mol. The standard InChI is InChI=1S/C16H22N3O7P/c1-3-25-27(24,26-4-2)14(21)9-17-13(20)10-19-12-8-6-5-7-11(12)15(22)18-16(19)23/h5-8,14,21H,3-4,9-10H2,1-2H3,(H,17,20)(H,18,22,23). The van der Waals surface area contributed by atoms with Gasteiger partial charge in [-0.3, -0.25) is 23.7 Å². The Kier molecular flexibility index (Phi) is 7.09. The number of H-pyrrole nitrogens is 1. The molecule has 0 radical (unpaired) electrons. The molecule has 0 aliphatic carbocycles. The largest absolute Gasteiger partial charge is 0.379 e. The number of aliphatic hydroxyl groups is 1. The fraction of sp³-hybridized carbons (Fsp3) is 0.438. The molecule has 1 unspecified atom stereocenters. The lowest BCUT2D eigenvalue weighted by molar-refractivity contribution is -0.121. The Morgan fingerprint density at radius 1 is 1.26 bits per heavy atom. The number of aliphatic hydroxyl groups excluding tert-OH is 1. The summed E-state index contributed by atoms with van der Waals surface area (Å²) in [5, 5.41) is 12.7. The second-order valence-corrected chi connectivity index (χ2v) is 7.71. The highest BCUT2D eigenvalue weighted by Crippen LogP contribution is 2.51. The van der Waals surface area contributed by atoms with Crippen molar-refractivity contribution in [1.82, 2.24) is 14.9 Å². The maximum atomic E-state index is 12.4. The Bertz CT molecular complexity index is 958. The third kappa shape index (κ3) is 4.92. The fourth-order valence-corrected chi connectivity index (χ4v) is 3.94. The molecule has 3 N–H and O–H groups in total. The molecule has 1 heterocycles. The van der Waals surface area contributed by atoms with Crippen LogP contribution in [0.1, 0.15) is 13.8 Å². The zero-order chi connectivity index (χ0) is 20.0. The average molecular weight is 399 g/mol. The molecule has 2 rings (SSSR count). The van der Waals surface area contributed by atoms with Gasteiger partial charge in [0.2, 0.25) is 5.91 Å². The van der Waals surface area contributed by atoms with E-state index in [1.807, 2.05) is 0 Å². The van der Waals surface area contributed by atoms with Crippen LogP contribution in [-0.4, -0.2) is 46.2 Å². The van der Waals surface area contributed by atoms with Crippen LogP contribution < -0.4 is 16.6 Å². The summed E-state index contributed by atoms with van der Waals surface area (Å²) >= 11 is 0. The van der Waals surface area contributed by atoms with Crippen LogP contribution >= 0.6 is 7.60 Å². The third-order valence-electron chi connectivity index (χ3n) is 3.67. The van der Waals surface area contributed by atoms with E-state index in [0.717, 1.165) is 4.57 Å². The number of fused-ring (bicyclic) bond motifs is 1. The monoisotopic (exact) mass is 399 g/mol. The first-order chi connectivity index (χ1) is 12.8. The Labute approximate surface area is 154 Å². The molecular weight excluding hydrogens is 377 g/mol. The molecule has 0 fully saturated rings. The lowest BCUT2D eigenvalue weighted by Gasteiger charge is -2.22. The van der Waals surface area contributed by atoms with Crippen LogP contribution in [0, 0.1) is 0 Å². The highest BCUT2D eigenvalue weighted by atomic mass is 31.2. The van der Waals surface area contributed by atoms with Crippen LogP contribution in [0.15, 0.2) is 33.9 Å². The molecule has 27 heavy (non-hydrogen) atoms. The van der Waals surface area contributed by atoms with Crippen molar-refractivity contribution in [3.63, 3.8) is 0 Å². The van der Waals surface area contributed by atoms with Gasteiger partial charge in [0.05, 0.1) is 30.7 Å². The van der Waals surface area contributed by atoms with Gasteiger partial charge in [0.25, 0.3) is 5.56 Å². The van der Waals surface area contributed by atoms with Gasteiger partial charge in [-0.25, -0.2) is 4.79 Å². The number of nitrogens with zero attached hydrogens (tertiary/aromatic N) is 1. The highest BCUT2D eigenvalue weighted by Gasteiger charge is 2.34. The molecule has 0 spiro atoms. The number of rotatable bonds is 9. The summed E-state index contributed by atoms with van der Waals surface area (Å²) in [6.07, 6.45) is 0. The van der Waals surface area contributed by atoms with Gasteiger partial charge in [-0.2, -0.15) is 0 Å². The van der Waals surface area contributed by atoms with E-state index in [4.69, 9.17) is 9.05 Å². The second-order valence-electron chi connectivity index (χ2n) is 5.52. The molecular formula is C16H22N3O7P. The predicted octanol–water partition coefficient (Wildman–Crippen LogP) is 0.391. The molecule has 0 bridgehead atoms. The molecule has 1 amide bonds.